The fraction of sp³-hybridized carbons (Fsp3) is 0.700. The number of hydrogen-bond acceptors (Lipinski definition) is 3. The fourth-order valence-electron chi connectivity index (χ4n) is 1.50. The zero-order valence-electron chi connectivity index (χ0n) is 9.73. The highest BCUT2D eigenvalue weighted by molar-refractivity contribution is 5.86. The molecule has 7 heteroatoms. The second-order valence-corrected chi connectivity index (χ2v) is 4.19. The normalized spacial score (nSPS) is 11.4. The molecule has 0 aliphatic rings. The summed E-state index contributed by atoms with van der Waals surface area (Å²) in [6.45, 7) is 4.31. The van der Waals surface area contributed by atoms with Gasteiger partial charge in [0.05, 0.1) is 0 Å². The van der Waals surface area contributed by atoms with Gasteiger partial charge in [0.15, 0.2) is 5.69 Å². The van der Waals surface area contributed by atoms with Crippen molar-refractivity contribution >= 4 is 5.97 Å². The number of nitrogens with zero attached hydrogens (tertiary/aromatic N) is 3. The lowest BCUT2D eigenvalue weighted by atomic mass is 10.1. The minimum Gasteiger partial charge on any atom is -0.476 e. The van der Waals surface area contributed by atoms with Gasteiger partial charge in [-0.25, -0.2) is 18.3 Å². The van der Waals surface area contributed by atoms with Gasteiger partial charge in [0.25, 0.3) is 6.43 Å². The molecule has 0 aromatic carbocycles. The van der Waals surface area contributed by atoms with Crippen LogP contribution in [-0.4, -0.2) is 26.1 Å². The largest absolute Gasteiger partial charge is 0.476 e. The molecular weight excluding hydrogens is 232 g/mol. The molecule has 0 unspecified atom stereocenters. The Morgan fingerprint density at radius 2 is 2.12 bits per heavy atom. The van der Waals surface area contributed by atoms with Gasteiger partial charge in [-0.2, -0.15) is 0 Å². The molecule has 1 heterocycles. The molecule has 1 rings (SSSR count). The van der Waals surface area contributed by atoms with E-state index in [4.69, 9.17) is 5.11 Å². The van der Waals surface area contributed by atoms with Crippen LogP contribution in [0.15, 0.2) is 0 Å². The first kappa shape index (κ1) is 13.5. The van der Waals surface area contributed by atoms with E-state index < -0.39 is 23.8 Å². The standard InChI is InChI=1S/C10H15F2N3O2/c1-6(2)4-3-5-15-8(9(11)12)7(10(16)17)13-14-15/h6,9H,3-5H2,1-2H3,(H,16,17). The molecule has 1 N–H and O–H groups in total. The van der Waals surface area contributed by atoms with Gasteiger partial charge in [-0.15, -0.1) is 5.10 Å². The number of aromatic carboxylic acids is 1. The summed E-state index contributed by atoms with van der Waals surface area (Å²) in [6.07, 6.45) is -1.35. The Bertz CT molecular complexity index is 391. The van der Waals surface area contributed by atoms with Gasteiger partial charge in [-0.05, 0) is 18.8 Å². The molecule has 0 spiro atoms. The van der Waals surface area contributed by atoms with Crippen molar-refractivity contribution in [3.8, 4) is 0 Å². The average Bonchev–Trinajstić information content (AvgIpc) is 2.61. The number of rotatable bonds is 6. The predicted octanol–water partition coefficient (Wildman–Crippen LogP) is 2.35. The van der Waals surface area contributed by atoms with Crippen molar-refractivity contribution in [1.82, 2.24) is 15.0 Å². The van der Waals surface area contributed by atoms with E-state index in [-0.39, 0.29) is 6.54 Å². The summed E-state index contributed by atoms with van der Waals surface area (Å²) in [7, 11) is 0. The monoisotopic (exact) mass is 247 g/mol. The minimum atomic E-state index is -2.88. The molecule has 0 atom stereocenters. The van der Waals surface area contributed by atoms with Gasteiger partial charge in [-0.3, -0.25) is 0 Å². The molecule has 0 amide bonds. The lowest BCUT2D eigenvalue weighted by Crippen LogP contribution is -2.09. The van der Waals surface area contributed by atoms with Crippen LogP contribution in [0.3, 0.4) is 0 Å². The van der Waals surface area contributed by atoms with Gasteiger partial charge < -0.3 is 5.11 Å². The molecule has 0 aliphatic heterocycles. The smallest absolute Gasteiger partial charge is 0.358 e. The van der Waals surface area contributed by atoms with Crippen molar-refractivity contribution in [2.75, 3.05) is 0 Å². The van der Waals surface area contributed by atoms with Crippen molar-refractivity contribution in [2.24, 2.45) is 5.92 Å². The van der Waals surface area contributed by atoms with Crippen molar-refractivity contribution in [3.63, 3.8) is 0 Å². The average molecular weight is 247 g/mol. The molecule has 96 valence electrons. The SMILES string of the molecule is CC(C)CCCn1nnc(C(=O)O)c1C(F)F. The first-order chi connectivity index (χ1) is 7.93. The molecule has 1 aromatic rings. The Kier molecular flexibility index (Phi) is 4.53. The summed E-state index contributed by atoms with van der Waals surface area (Å²) in [5, 5.41) is 15.4. The van der Waals surface area contributed by atoms with E-state index in [1.807, 2.05) is 13.8 Å². The summed E-state index contributed by atoms with van der Waals surface area (Å²) < 4.78 is 26.4. The first-order valence-corrected chi connectivity index (χ1v) is 5.38. The van der Waals surface area contributed by atoms with E-state index in [0.29, 0.717) is 12.3 Å². The van der Waals surface area contributed by atoms with Gasteiger partial charge in [-0.1, -0.05) is 19.1 Å². The Labute approximate surface area is 97.4 Å². The van der Waals surface area contributed by atoms with Crippen LogP contribution in [-0.2, 0) is 6.54 Å². The number of aromatic nitrogens is 3. The number of carboxylic acids is 1. The molecule has 1 aromatic heterocycles. The second-order valence-electron chi connectivity index (χ2n) is 4.19. The lowest BCUT2D eigenvalue weighted by molar-refractivity contribution is 0.0675. The van der Waals surface area contributed by atoms with E-state index in [2.05, 4.69) is 10.3 Å². The number of halogens is 2. The van der Waals surface area contributed by atoms with Crippen LogP contribution >= 0.6 is 0 Å². The van der Waals surface area contributed by atoms with Gasteiger partial charge in [0.2, 0.25) is 0 Å². The third-order valence-corrected chi connectivity index (χ3v) is 2.33. The van der Waals surface area contributed by atoms with Crippen LogP contribution in [0.1, 0.15) is 49.3 Å². The van der Waals surface area contributed by atoms with Crippen LogP contribution in [0.4, 0.5) is 8.78 Å². The highest BCUT2D eigenvalue weighted by Crippen LogP contribution is 2.22. The van der Waals surface area contributed by atoms with Crippen LogP contribution in [0, 0.1) is 5.92 Å². The number of carbonyl (C=O) groups is 1. The van der Waals surface area contributed by atoms with E-state index in [1.165, 1.54) is 0 Å². The van der Waals surface area contributed by atoms with Crippen LogP contribution in [0.2, 0.25) is 0 Å². The summed E-state index contributed by atoms with van der Waals surface area (Å²) in [5.74, 6) is -1.01. The van der Waals surface area contributed by atoms with Crippen LogP contribution in [0.25, 0.3) is 0 Å². The fourth-order valence-corrected chi connectivity index (χ4v) is 1.50. The van der Waals surface area contributed by atoms with Crippen molar-refractivity contribution in [3.05, 3.63) is 11.4 Å². The second kappa shape index (κ2) is 5.70. The highest BCUT2D eigenvalue weighted by Gasteiger charge is 2.25. The molecule has 0 saturated carbocycles. The van der Waals surface area contributed by atoms with Gasteiger partial charge in [0.1, 0.15) is 5.69 Å². The van der Waals surface area contributed by atoms with E-state index in [9.17, 15) is 13.6 Å². The maximum Gasteiger partial charge on any atom is 0.358 e. The zero-order chi connectivity index (χ0) is 13.0. The molecule has 0 saturated heterocycles. The van der Waals surface area contributed by atoms with Gasteiger partial charge >= 0.3 is 5.97 Å². The maximum absolute atomic E-state index is 12.7. The van der Waals surface area contributed by atoms with E-state index in [1.54, 1.807) is 0 Å². The van der Waals surface area contributed by atoms with Crippen molar-refractivity contribution in [2.45, 2.75) is 39.7 Å². The Morgan fingerprint density at radius 1 is 1.47 bits per heavy atom. The van der Waals surface area contributed by atoms with Crippen LogP contribution in [0.5, 0.6) is 0 Å². The summed E-state index contributed by atoms with van der Waals surface area (Å²) in [6, 6.07) is 0. The number of alkyl halides is 2. The molecule has 0 radical (unpaired) electrons. The predicted molar refractivity (Wildman–Crippen MR) is 56.0 cm³/mol. The number of hydrogen-bond donors (Lipinski definition) is 1. The van der Waals surface area contributed by atoms with Gasteiger partial charge in [0, 0.05) is 6.54 Å². The van der Waals surface area contributed by atoms with Crippen LogP contribution < -0.4 is 0 Å². The molecular formula is C10H15F2N3O2. The molecule has 17 heavy (non-hydrogen) atoms. The molecule has 0 bridgehead atoms. The number of aryl methyl sites for hydroxylation is 1. The minimum absolute atomic E-state index is 0.262. The lowest BCUT2D eigenvalue weighted by Gasteiger charge is -2.07. The summed E-state index contributed by atoms with van der Waals surface area (Å²) in [4.78, 5) is 10.7. The summed E-state index contributed by atoms with van der Waals surface area (Å²) >= 11 is 0. The third kappa shape index (κ3) is 3.47. The van der Waals surface area contributed by atoms with E-state index in [0.717, 1.165) is 11.1 Å². The topological polar surface area (TPSA) is 68.0 Å². The number of carboxylic acid groups (broad SMARTS) is 1. The maximum atomic E-state index is 12.7. The quantitative estimate of drug-likeness (QED) is 0.837. The highest BCUT2D eigenvalue weighted by atomic mass is 19.3. The van der Waals surface area contributed by atoms with Crippen molar-refractivity contribution < 1.29 is 18.7 Å². The Balaban J connectivity index is 2.81. The molecule has 5 nitrogen and oxygen atoms in total. The zero-order valence-corrected chi connectivity index (χ0v) is 9.73. The molecule has 0 aliphatic carbocycles. The molecule has 0 fully saturated rings. The third-order valence-electron chi connectivity index (χ3n) is 2.33. The van der Waals surface area contributed by atoms with E-state index >= 15 is 0 Å². The Hall–Kier alpha value is -1.53. The first-order valence-electron chi connectivity index (χ1n) is 5.38. The summed E-state index contributed by atoms with van der Waals surface area (Å²) in [5.41, 5.74) is -1.27. The Morgan fingerprint density at radius 3 is 2.59 bits per heavy atom. The van der Waals surface area contributed by atoms with Crippen molar-refractivity contribution in [1.29, 1.82) is 0 Å².